The van der Waals surface area contributed by atoms with Gasteiger partial charge in [0.25, 0.3) is 5.91 Å². The van der Waals surface area contributed by atoms with E-state index in [2.05, 4.69) is 21.9 Å². The van der Waals surface area contributed by atoms with Crippen molar-refractivity contribution in [3.63, 3.8) is 0 Å². The van der Waals surface area contributed by atoms with Crippen LogP contribution in [0.5, 0.6) is 0 Å². The number of hydrogen-bond donors (Lipinski definition) is 0. The zero-order valence-corrected chi connectivity index (χ0v) is 18.0. The molecule has 8 heteroatoms. The van der Waals surface area contributed by atoms with Crippen molar-refractivity contribution < 1.29 is 9.18 Å². The van der Waals surface area contributed by atoms with Crippen LogP contribution in [0.1, 0.15) is 27.7 Å². The van der Waals surface area contributed by atoms with Crippen LogP contribution >= 0.6 is 12.4 Å². The summed E-state index contributed by atoms with van der Waals surface area (Å²) in [6.07, 6.45) is 1.63. The molecule has 4 rings (SSSR count). The van der Waals surface area contributed by atoms with Crippen LogP contribution in [0.25, 0.3) is 0 Å². The smallest absolute Gasteiger partial charge is 0.257 e. The van der Waals surface area contributed by atoms with Gasteiger partial charge in [-0.15, -0.1) is 12.4 Å². The Morgan fingerprint density at radius 3 is 2.66 bits per heavy atom. The first-order valence-corrected chi connectivity index (χ1v) is 9.61. The van der Waals surface area contributed by atoms with Gasteiger partial charge in [0.15, 0.2) is 0 Å². The number of aryl methyl sites for hydroxylation is 1. The van der Waals surface area contributed by atoms with Crippen molar-refractivity contribution in [2.24, 2.45) is 11.8 Å². The number of nitrogens with zero attached hydrogens (tertiary/aromatic N) is 5. The molecule has 1 aromatic heterocycles. The van der Waals surface area contributed by atoms with Crippen molar-refractivity contribution in [1.82, 2.24) is 19.8 Å². The minimum atomic E-state index is -0.214. The van der Waals surface area contributed by atoms with Crippen molar-refractivity contribution in [3.05, 3.63) is 53.1 Å². The number of amides is 1. The lowest BCUT2D eigenvalue weighted by Gasteiger charge is -2.27. The molecule has 6 nitrogen and oxygen atoms in total. The molecule has 156 valence electrons. The third-order valence-corrected chi connectivity index (χ3v) is 5.97. The second-order valence-corrected chi connectivity index (χ2v) is 8.14. The molecular formula is C21H27ClFN5O. The Kier molecular flexibility index (Phi) is 6.10. The van der Waals surface area contributed by atoms with Crippen molar-refractivity contribution in [2.75, 3.05) is 45.7 Å². The molecule has 0 unspecified atom stereocenters. The lowest BCUT2D eigenvalue weighted by atomic mass is 9.89. The minimum absolute atomic E-state index is 0. The Hall–Kier alpha value is -2.25. The molecule has 0 radical (unpaired) electrons. The van der Waals surface area contributed by atoms with E-state index in [4.69, 9.17) is 0 Å². The van der Waals surface area contributed by atoms with E-state index < -0.39 is 0 Å². The molecule has 2 fully saturated rings. The van der Waals surface area contributed by atoms with Crippen molar-refractivity contribution in [3.8, 4) is 0 Å². The van der Waals surface area contributed by atoms with Crippen LogP contribution in [0.15, 0.2) is 30.5 Å². The predicted octanol–water partition coefficient (Wildman–Crippen LogP) is 2.79. The average molecular weight is 420 g/mol. The van der Waals surface area contributed by atoms with Gasteiger partial charge in [-0.25, -0.2) is 14.4 Å². The first-order chi connectivity index (χ1) is 13.3. The van der Waals surface area contributed by atoms with Gasteiger partial charge < -0.3 is 9.80 Å². The van der Waals surface area contributed by atoms with E-state index >= 15 is 0 Å². The van der Waals surface area contributed by atoms with Gasteiger partial charge >= 0.3 is 0 Å². The van der Waals surface area contributed by atoms with Gasteiger partial charge in [0.2, 0.25) is 5.95 Å². The molecule has 2 aliphatic rings. The van der Waals surface area contributed by atoms with E-state index in [1.165, 1.54) is 6.07 Å². The molecule has 1 amide bonds. The SMILES string of the molecule is Cc1nc(N(C)C)ncc1C(=O)N1C[C@@H]2CN(C)[C@@H](c3cccc(F)c3)[C@@H]2C1.Cl. The Balaban J connectivity index is 0.00000240. The quantitative estimate of drug-likeness (QED) is 0.765. The average Bonchev–Trinajstić information content (AvgIpc) is 3.17. The van der Waals surface area contributed by atoms with Gasteiger partial charge in [0, 0.05) is 51.9 Å². The fourth-order valence-electron chi connectivity index (χ4n) is 4.67. The number of halogens is 2. The lowest BCUT2D eigenvalue weighted by Crippen LogP contribution is -2.34. The second kappa shape index (κ2) is 8.24. The van der Waals surface area contributed by atoms with Gasteiger partial charge in [-0.2, -0.15) is 0 Å². The van der Waals surface area contributed by atoms with Gasteiger partial charge in [-0.1, -0.05) is 12.1 Å². The summed E-state index contributed by atoms with van der Waals surface area (Å²) in [4.78, 5) is 27.9. The van der Waals surface area contributed by atoms with Crippen LogP contribution in [0.4, 0.5) is 10.3 Å². The summed E-state index contributed by atoms with van der Waals surface area (Å²) in [5, 5.41) is 0. The maximum atomic E-state index is 13.8. The van der Waals surface area contributed by atoms with Gasteiger partial charge in [0.05, 0.1) is 11.3 Å². The van der Waals surface area contributed by atoms with E-state index in [1.807, 2.05) is 36.9 Å². The highest BCUT2D eigenvalue weighted by Gasteiger charge is 2.47. The number of carbonyl (C=O) groups is 1. The number of likely N-dealkylation sites (tertiary alicyclic amines) is 2. The molecule has 0 aliphatic carbocycles. The van der Waals surface area contributed by atoms with Crippen molar-refractivity contribution in [2.45, 2.75) is 13.0 Å². The summed E-state index contributed by atoms with van der Waals surface area (Å²) in [7, 11) is 5.83. The molecular weight excluding hydrogens is 393 g/mol. The molecule has 2 saturated heterocycles. The maximum Gasteiger partial charge on any atom is 0.257 e. The van der Waals surface area contributed by atoms with Gasteiger partial charge in [-0.05, 0) is 37.6 Å². The van der Waals surface area contributed by atoms with Gasteiger partial charge in [0.1, 0.15) is 5.82 Å². The maximum absolute atomic E-state index is 13.8. The minimum Gasteiger partial charge on any atom is -0.347 e. The van der Waals surface area contributed by atoms with Crippen LogP contribution in [0, 0.1) is 24.6 Å². The fraction of sp³-hybridized carbons (Fsp3) is 0.476. The molecule has 0 bridgehead atoms. The predicted molar refractivity (Wildman–Crippen MR) is 113 cm³/mol. The fourth-order valence-corrected chi connectivity index (χ4v) is 4.67. The number of rotatable bonds is 3. The van der Waals surface area contributed by atoms with E-state index in [-0.39, 0.29) is 30.2 Å². The molecule has 2 aliphatic heterocycles. The first-order valence-electron chi connectivity index (χ1n) is 9.61. The standard InChI is InChI=1S/C21H26FN5O.ClH/c1-13-17(9-23-21(24-13)25(2)3)20(28)27-11-15-10-26(4)19(18(15)12-27)14-6-5-7-16(22)8-14;/h5-9,15,18-19H,10-12H2,1-4H3;1H/t15-,18+,19-;/m0./s1. The van der Waals surface area contributed by atoms with Crippen molar-refractivity contribution >= 4 is 24.3 Å². The molecule has 2 aromatic rings. The van der Waals surface area contributed by atoms with Crippen LogP contribution < -0.4 is 4.90 Å². The highest BCUT2D eigenvalue weighted by Crippen LogP contribution is 2.44. The van der Waals surface area contributed by atoms with Crippen LogP contribution in [0.3, 0.4) is 0 Å². The van der Waals surface area contributed by atoms with Crippen LogP contribution in [-0.4, -0.2) is 66.5 Å². The summed E-state index contributed by atoms with van der Waals surface area (Å²) in [5.74, 6) is 1.06. The molecule has 3 heterocycles. The number of aromatic nitrogens is 2. The Morgan fingerprint density at radius 2 is 2.00 bits per heavy atom. The van der Waals surface area contributed by atoms with E-state index in [0.29, 0.717) is 42.1 Å². The number of fused-ring (bicyclic) bond motifs is 1. The van der Waals surface area contributed by atoms with Crippen LogP contribution in [-0.2, 0) is 0 Å². The third kappa shape index (κ3) is 3.94. The largest absolute Gasteiger partial charge is 0.347 e. The molecule has 0 spiro atoms. The Labute approximate surface area is 177 Å². The normalized spacial score (nSPS) is 23.6. The van der Waals surface area contributed by atoms with E-state index in [9.17, 15) is 9.18 Å². The number of hydrogen-bond acceptors (Lipinski definition) is 5. The zero-order chi connectivity index (χ0) is 20.0. The Bertz CT molecular complexity index is 908. The summed E-state index contributed by atoms with van der Waals surface area (Å²) in [5.41, 5.74) is 2.24. The summed E-state index contributed by atoms with van der Waals surface area (Å²) < 4.78 is 13.8. The highest BCUT2D eigenvalue weighted by molar-refractivity contribution is 5.95. The number of anilines is 1. The highest BCUT2D eigenvalue weighted by atomic mass is 35.5. The van der Waals surface area contributed by atoms with E-state index in [0.717, 1.165) is 12.1 Å². The zero-order valence-electron chi connectivity index (χ0n) is 17.2. The topological polar surface area (TPSA) is 52.6 Å². The molecule has 1 aromatic carbocycles. The summed E-state index contributed by atoms with van der Waals surface area (Å²) in [6, 6.07) is 6.96. The molecule has 0 N–H and O–H groups in total. The van der Waals surface area contributed by atoms with Crippen molar-refractivity contribution in [1.29, 1.82) is 0 Å². The van der Waals surface area contributed by atoms with Gasteiger partial charge in [-0.3, -0.25) is 9.69 Å². The second-order valence-electron chi connectivity index (χ2n) is 8.14. The Morgan fingerprint density at radius 1 is 1.24 bits per heavy atom. The summed E-state index contributed by atoms with van der Waals surface area (Å²) >= 11 is 0. The first kappa shape index (κ1) is 21.5. The van der Waals surface area contributed by atoms with Crippen LogP contribution in [0.2, 0.25) is 0 Å². The summed E-state index contributed by atoms with van der Waals surface area (Å²) in [6.45, 7) is 4.14. The molecule has 29 heavy (non-hydrogen) atoms. The molecule has 3 atom stereocenters. The number of benzene rings is 1. The monoisotopic (exact) mass is 419 g/mol. The molecule has 0 saturated carbocycles. The third-order valence-electron chi connectivity index (χ3n) is 5.97. The number of carbonyl (C=O) groups excluding carboxylic acids is 1. The lowest BCUT2D eigenvalue weighted by molar-refractivity contribution is 0.0766. The van der Waals surface area contributed by atoms with E-state index in [1.54, 1.807) is 18.3 Å².